The smallest absolute Gasteiger partial charge is 0.225 e. The Hall–Kier alpha value is -2.60. The minimum atomic E-state index is -0.351. The van der Waals surface area contributed by atoms with Crippen LogP contribution in [0.5, 0.6) is 0 Å². The summed E-state index contributed by atoms with van der Waals surface area (Å²) in [6, 6.07) is 14.1. The lowest BCUT2D eigenvalue weighted by Crippen LogP contribution is -2.25. The van der Waals surface area contributed by atoms with Crippen molar-refractivity contribution >= 4 is 5.91 Å². The number of carbonyl (C=O) groups is 1. The highest BCUT2D eigenvalue weighted by Crippen LogP contribution is 2.05. The second-order valence-electron chi connectivity index (χ2n) is 4.72. The van der Waals surface area contributed by atoms with E-state index in [2.05, 4.69) is 17.2 Å². The van der Waals surface area contributed by atoms with Gasteiger partial charge in [0.05, 0.1) is 18.5 Å². The van der Waals surface area contributed by atoms with Crippen LogP contribution in [0.25, 0.3) is 0 Å². The monoisotopic (exact) mass is 281 g/mol. The van der Waals surface area contributed by atoms with Crippen LogP contribution in [-0.2, 0) is 11.2 Å². The van der Waals surface area contributed by atoms with Crippen molar-refractivity contribution in [3.8, 4) is 11.8 Å². The molecule has 3 heteroatoms. The van der Waals surface area contributed by atoms with E-state index in [1.807, 2.05) is 31.2 Å². The van der Waals surface area contributed by atoms with Crippen molar-refractivity contribution in [1.82, 2.24) is 5.32 Å². The molecule has 0 aliphatic carbocycles. The van der Waals surface area contributed by atoms with E-state index in [1.165, 1.54) is 6.07 Å². The molecule has 2 nitrogen and oxygen atoms in total. The van der Waals surface area contributed by atoms with Gasteiger partial charge in [0, 0.05) is 0 Å². The molecule has 0 unspecified atom stereocenters. The van der Waals surface area contributed by atoms with Crippen molar-refractivity contribution in [2.45, 2.75) is 13.3 Å². The van der Waals surface area contributed by atoms with Gasteiger partial charge < -0.3 is 5.32 Å². The molecule has 0 spiro atoms. The molecule has 106 valence electrons. The average molecular weight is 281 g/mol. The first-order valence-corrected chi connectivity index (χ1v) is 6.71. The number of aryl methyl sites for hydroxylation is 1. The van der Waals surface area contributed by atoms with Crippen molar-refractivity contribution in [3.63, 3.8) is 0 Å². The fourth-order valence-corrected chi connectivity index (χ4v) is 1.91. The molecule has 0 bridgehead atoms. The van der Waals surface area contributed by atoms with Crippen LogP contribution in [0.3, 0.4) is 0 Å². The number of rotatable bonds is 3. The predicted octanol–water partition coefficient (Wildman–Crippen LogP) is 2.84. The standard InChI is InChI=1S/C18H16FNO/c1-14-6-4-7-15(12-14)13-18(21)20-11-5-9-16-8-2-3-10-17(16)19/h2-4,6-8,10,12H,11,13H2,1H3,(H,20,21). The van der Waals surface area contributed by atoms with E-state index in [0.717, 1.165) is 11.1 Å². The van der Waals surface area contributed by atoms with Gasteiger partial charge in [-0.1, -0.05) is 53.8 Å². The summed E-state index contributed by atoms with van der Waals surface area (Å²) in [4.78, 5) is 11.7. The number of hydrogen-bond acceptors (Lipinski definition) is 1. The molecule has 0 aromatic heterocycles. The second kappa shape index (κ2) is 7.25. The average Bonchev–Trinajstić information content (AvgIpc) is 2.45. The van der Waals surface area contributed by atoms with Crippen molar-refractivity contribution in [2.75, 3.05) is 6.54 Å². The summed E-state index contributed by atoms with van der Waals surface area (Å²) in [5, 5.41) is 2.71. The normalized spacial score (nSPS) is 9.62. The van der Waals surface area contributed by atoms with E-state index in [9.17, 15) is 9.18 Å². The first kappa shape index (κ1) is 14.8. The van der Waals surface area contributed by atoms with Crippen LogP contribution in [0.4, 0.5) is 4.39 Å². The van der Waals surface area contributed by atoms with Gasteiger partial charge in [0.1, 0.15) is 5.82 Å². The molecular formula is C18H16FNO. The number of halogens is 1. The Balaban J connectivity index is 1.84. The summed E-state index contributed by atoms with van der Waals surface area (Å²) in [5.74, 6) is 5.01. The van der Waals surface area contributed by atoms with Gasteiger partial charge in [-0.25, -0.2) is 4.39 Å². The maximum absolute atomic E-state index is 13.3. The van der Waals surface area contributed by atoms with Crippen LogP contribution in [0.1, 0.15) is 16.7 Å². The molecule has 0 saturated carbocycles. The third-order valence-electron chi connectivity index (χ3n) is 2.92. The fourth-order valence-electron chi connectivity index (χ4n) is 1.91. The number of benzene rings is 2. The van der Waals surface area contributed by atoms with E-state index in [4.69, 9.17) is 0 Å². The van der Waals surface area contributed by atoms with E-state index < -0.39 is 0 Å². The van der Waals surface area contributed by atoms with E-state index in [-0.39, 0.29) is 18.3 Å². The molecule has 0 aliphatic rings. The highest BCUT2D eigenvalue weighted by atomic mass is 19.1. The van der Waals surface area contributed by atoms with E-state index >= 15 is 0 Å². The third kappa shape index (κ3) is 4.77. The first-order chi connectivity index (χ1) is 10.1. The van der Waals surface area contributed by atoms with Gasteiger partial charge in [-0.2, -0.15) is 0 Å². The lowest BCUT2D eigenvalue weighted by molar-refractivity contribution is -0.120. The molecular weight excluding hydrogens is 265 g/mol. The Kier molecular flexibility index (Phi) is 5.11. The summed E-state index contributed by atoms with van der Waals surface area (Å²) in [6.45, 7) is 2.19. The van der Waals surface area contributed by atoms with Gasteiger partial charge in [-0.15, -0.1) is 0 Å². The van der Waals surface area contributed by atoms with Crippen LogP contribution >= 0.6 is 0 Å². The molecule has 2 rings (SSSR count). The zero-order valence-corrected chi connectivity index (χ0v) is 11.8. The van der Waals surface area contributed by atoms with E-state index in [0.29, 0.717) is 12.0 Å². The van der Waals surface area contributed by atoms with Crippen LogP contribution in [-0.4, -0.2) is 12.5 Å². The Morgan fingerprint density at radius 2 is 2.00 bits per heavy atom. The SMILES string of the molecule is Cc1cccc(CC(=O)NCC#Cc2ccccc2F)c1. The minimum absolute atomic E-state index is 0.0940. The Morgan fingerprint density at radius 1 is 1.19 bits per heavy atom. The number of nitrogens with one attached hydrogen (secondary N) is 1. The quantitative estimate of drug-likeness (QED) is 0.861. The zero-order chi connectivity index (χ0) is 15.1. The Morgan fingerprint density at radius 3 is 2.76 bits per heavy atom. The Labute approximate surface area is 124 Å². The molecule has 1 N–H and O–H groups in total. The molecule has 0 radical (unpaired) electrons. The summed E-state index contributed by atoms with van der Waals surface area (Å²) in [5.41, 5.74) is 2.43. The summed E-state index contributed by atoms with van der Waals surface area (Å²) in [6.07, 6.45) is 0.322. The minimum Gasteiger partial charge on any atom is -0.345 e. The third-order valence-corrected chi connectivity index (χ3v) is 2.92. The second-order valence-corrected chi connectivity index (χ2v) is 4.72. The van der Waals surface area contributed by atoms with Gasteiger partial charge in [0.15, 0.2) is 0 Å². The topological polar surface area (TPSA) is 29.1 Å². The zero-order valence-electron chi connectivity index (χ0n) is 11.8. The van der Waals surface area contributed by atoms with Crippen molar-refractivity contribution < 1.29 is 9.18 Å². The largest absolute Gasteiger partial charge is 0.345 e. The van der Waals surface area contributed by atoms with Gasteiger partial charge in [-0.3, -0.25) is 4.79 Å². The van der Waals surface area contributed by atoms with Gasteiger partial charge in [0.2, 0.25) is 5.91 Å². The molecule has 0 aliphatic heterocycles. The van der Waals surface area contributed by atoms with E-state index in [1.54, 1.807) is 18.2 Å². The molecule has 1 amide bonds. The van der Waals surface area contributed by atoms with Gasteiger partial charge in [0.25, 0.3) is 0 Å². The van der Waals surface area contributed by atoms with Crippen molar-refractivity contribution in [3.05, 3.63) is 71.0 Å². The van der Waals surface area contributed by atoms with Crippen LogP contribution in [0, 0.1) is 24.6 Å². The highest BCUT2D eigenvalue weighted by Gasteiger charge is 2.01. The molecule has 0 atom stereocenters. The summed E-state index contributed by atoms with van der Waals surface area (Å²) < 4.78 is 13.3. The summed E-state index contributed by atoms with van der Waals surface area (Å²) in [7, 11) is 0. The number of carbonyl (C=O) groups excluding carboxylic acids is 1. The molecule has 2 aromatic rings. The molecule has 0 fully saturated rings. The first-order valence-electron chi connectivity index (χ1n) is 6.71. The number of amides is 1. The lowest BCUT2D eigenvalue weighted by Gasteiger charge is -2.02. The predicted molar refractivity (Wildman–Crippen MR) is 81.2 cm³/mol. The van der Waals surface area contributed by atoms with Crippen molar-refractivity contribution in [1.29, 1.82) is 0 Å². The molecule has 2 aromatic carbocycles. The summed E-state index contributed by atoms with van der Waals surface area (Å²) >= 11 is 0. The molecule has 21 heavy (non-hydrogen) atoms. The maximum atomic E-state index is 13.3. The number of hydrogen-bond donors (Lipinski definition) is 1. The van der Waals surface area contributed by atoms with Crippen LogP contribution in [0.2, 0.25) is 0 Å². The highest BCUT2D eigenvalue weighted by molar-refractivity contribution is 5.78. The fraction of sp³-hybridized carbons (Fsp3) is 0.167. The van der Waals surface area contributed by atoms with Crippen LogP contribution in [0.15, 0.2) is 48.5 Å². The van der Waals surface area contributed by atoms with Crippen LogP contribution < -0.4 is 5.32 Å². The molecule has 0 heterocycles. The lowest BCUT2D eigenvalue weighted by atomic mass is 10.1. The molecule has 0 saturated heterocycles. The van der Waals surface area contributed by atoms with Gasteiger partial charge in [-0.05, 0) is 24.6 Å². The van der Waals surface area contributed by atoms with Gasteiger partial charge >= 0.3 is 0 Å². The maximum Gasteiger partial charge on any atom is 0.225 e. The van der Waals surface area contributed by atoms with Crippen molar-refractivity contribution in [2.24, 2.45) is 0 Å². The Bertz CT molecular complexity index is 698.